The van der Waals surface area contributed by atoms with Crippen molar-refractivity contribution < 1.29 is 15.5 Å². The van der Waals surface area contributed by atoms with Crippen LogP contribution >= 0.6 is 11.8 Å². The van der Waals surface area contributed by atoms with E-state index in [0.29, 0.717) is 48.5 Å². The van der Waals surface area contributed by atoms with Gasteiger partial charge in [0.2, 0.25) is 11.9 Å². The minimum atomic E-state index is -0.508. The summed E-state index contributed by atoms with van der Waals surface area (Å²) in [6.07, 6.45) is 2.66. The molecule has 0 amide bonds. The molecule has 2 saturated heterocycles. The molecule has 3 rings (SSSR count). The van der Waals surface area contributed by atoms with E-state index in [2.05, 4.69) is 25.6 Å². The summed E-state index contributed by atoms with van der Waals surface area (Å²) in [5, 5.41) is 44.5. The summed E-state index contributed by atoms with van der Waals surface area (Å²) in [6, 6.07) is 0.0606. The van der Waals surface area contributed by atoms with Crippen molar-refractivity contribution in [2.45, 2.75) is 120 Å². The summed E-state index contributed by atoms with van der Waals surface area (Å²) in [6.45, 7) is 15.7. The minimum absolute atomic E-state index is 0.0244. The number of nitrogens with zero attached hydrogens (tertiary/aromatic N) is 5. The lowest BCUT2D eigenvalue weighted by molar-refractivity contribution is -0.288. The predicted octanol–water partition coefficient (Wildman–Crippen LogP) is 3.51. The lowest BCUT2D eigenvalue weighted by Gasteiger charge is -2.50. The maximum atomic E-state index is 12.7. The number of hydrogen-bond donors (Lipinski definition) is 3. The van der Waals surface area contributed by atoms with Crippen LogP contribution in [0.1, 0.15) is 81.1 Å². The fourth-order valence-corrected chi connectivity index (χ4v) is 6.36. The van der Waals surface area contributed by atoms with Crippen LogP contribution in [0.4, 0.5) is 11.9 Å². The monoisotopic (exact) mass is 495 g/mol. The fraction of sp³-hybridized carbons (Fsp3) is 0.870. The first kappa shape index (κ1) is 27.3. The lowest BCUT2D eigenvalue weighted by Crippen LogP contribution is -2.60. The number of anilines is 2. The van der Waals surface area contributed by atoms with Gasteiger partial charge in [-0.3, -0.25) is 0 Å². The molecule has 11 heteroatoms. The molecule has 0 aliphatic carbocycles. The Morgan fingerprint density at radius 2 is 1.12 bits per heavy atom. The lowest BCUT2D eigenvalue weighted by atomic mass is 9.79. The SMILES string of the molecule is CC1(C)CC(Nc2nc(NC3CC(C)(C)N([O])C(C)(C)C3)nc(SCCO)n2)CC(C)(C)N1[O]. The maximum absolute atomic E-state index is 12.7. The highest BCUT2D eigenvalue weighted by molar-refractivity contribution is 7.99. The van der Waals surface area contributed by atoms with Crippen molar-refractivity contribution in [3.8, 4) is 0 Å². The van der Waals surface area contributed by atoms with Gasteiger partial charge < -0.3 is 15.7 Å². The molecule has 10 nitrogen and oxygen atoms in total. The normalized spacial score (nSPS) is 25.3. The topological polar surface area (TPSA) is 129 Å². The van der Waals surface area contributed by atoms with Crippen LogP contribution in [0.3, 0.4) is 0 Å². The molecule has 2 radical (unpaired) electrons. The number of piperidine rings is 2. The maximum Gasteiger partial charge on any atom is 0.228 e. The molecule has 2 aliphatic heterocycles. The first-order chi connectivity index (χ1) is 15.6. The van der Waals surface area contributed by atoms with Crippen LogP contribution < -0.4 is 10.6 Å². The van der Waals surface area contributed by atoms with Gasteiger partial charge >= 0.3 is 0 Å². The van der Waals surface area contributed by atoms with Crippen molar-refractivity contribution in [3.05, 3.63) is 0 Å². The smallest absolute Gasteiger partial charge is 0.228 e. The van der Waals surface area contributed by atoms with Crippen molar-refractivity contribution in [2.24, 2.45) is 0 Å². The largest absolute Gasteiger partial charge is 0.396 e. The molecule has 3 N–H and O–H groups in total. The minimum Gasteiger partial charge on any atom is -0.396 e. The van der Waals surface area contributed by atoms with Gasteiger partial charge in [-0.2, -0.15) is 15.0 Å². The van der Waals surface area contributed by atoms with Gasteiger partial charge in [-0.1, -0.05) is 11.8 Å². The van der Waals surface area contributed by atoms with E-state index in [4.69, 9.17) is 0 Å². The van der Waals surface area contributed by atoms with Gasteiger partial charge in [0, 0.05) is 40.0 Å². The van der Waals surface area contributed by atoms with E-state index in [9.17, 15) is 15.5 Å². The molecule has 1 aromatic heterocycles. The molecule has 3 heterocycles. The Morgan fingerprint density at radius 1 is 0.765 bits per heavy atom. The zero-order valence-corrected chi connectivity index (χ0v) is 22.6. The number of hydrogen-bond acceptors (Lipinski definition) is 9. The van der Waals surface area contributed by atoms with Crippen molar-refractivity contribution in [1.29, 1.82) is 0 Å². The molecule has 192 valence electrons. The Morgan fingerprint density at radius 3 is 1.44 bits per heavy atom. The quantitative estimate of drug-likeness (QED) is 0.487. The summed E-state index contributed by atoms with van der Waals surface area (Å²) in [4.78, 5) is 13.8. The molecule has 0 aromatic carbocycles. The van der Waals surface area contributed by atoms with Crippen LogP contribution in [0.15, 0.2) is 5.16 Å². The molecule has 0 saturated carbocycles. The van der Waals surface area contributed by atoms with Crippen LogP contribution in [0.2, 0.25) is 0 Å². The van der Waals surface area contributed by atoms with Gasteiger partial charge in [0.1, 0.15) is 0 Å². The summed E-state index contributed by atoms with van der Waals surface area (Å²) < 4.78 is 0. The van der Waals surface area contributed by atoms with E-state index < -0.39 is 22.2 Å². The molecular formula is C23H41N7O3S. The van der Waals surface area contributed by atoms with Crippen molar-refractivity contribution in [1.82, 2.24) is 25.1 Å². The first-order valence-electron chi connectivity index (χ1n) is 12.0. The van der Waals surface area contributed by atoms with E-state index in [1.165, 1.54) is 21.9 Å². The van der Waals surface area contributed by atoms with Crippen LogP contribution in [0.5, 0.6) is 0 Å². The van der Waals surface area contributed by atoms with Gasteiger partial charge in [0.25, 0.3) is 0 Å². The molecule has 1 aromatic rings. The van der Waals surface area contributed by atoms with E-state index in [0.717, 1.165) is 0 Å². The fourth-order valence-electron chi connectivity index (χ4n) is 5.78. The highest BCUT2D eigenvalue weighted by Crippen LogP contribution is 2.39. The van der Waals surface area contributed by atoms with E-state index >= 15 is 0 Å². The average molecular weight is 496 g/mol. The molecule has 0 spiro atoms. The van der Waals surface area contributed by atoms with Gasteiger partial charge in [-0.05, 0) is 81.1 Å². The Balaban J connectivity index is 1.83. The number of thioether (sulfide) groups is 1. The second-order valence-corrected chi connectivity index (χ2v) is 13.2. The summed E-state index contributed by atoms with van der Waals surface area (Å²) in [5.74, 6) is 1.38. The Bertz CT molecular complexity index is 767. The number of nitrogens with one attached hydrogen (secondary N) is 2. The number of aliphatic hydroxyl groups excluding tert-OH is 1. The molecule has 0 unspecified atom stereocenters. The highest BCUT2D eigenvalue weighted by atomic mass is 32.2. The Labute approximate surface area is 207 Å². The van der Waals surface area contributed by atoms with Gasteiger partial charge in [-0.15, -0.1) is 20.5 Å². The average Bonchev–Trinajstić information content (AvgIpc) is 2.67. The third-order valence-corrected chi connectivity index (χ3v) is 7.61. The zero-order valence-electron chi connectivity index (χ0n) is 21.8. The first-order valence-corrected chi connectivity index (χ1v) is 13.0. The molecule has 0 atom stereocenters. The standard InChI is InChI=1S/C23H41N7O3S/c1-20(2)11-15(12-21(3,4)29(20)32)24-17-26-18(28-19(27-17)34-10-9-31)25-16-13-22(5,6)30(33)23(7,8)14-16/h15-16,31H,9-14H2,1-8H3,(H2,24,25,26,27,28). The van der Waals surface area contributed by atoms with Crippen LogP contribution in [-0.4, -0.2) is 76.8 Å². The van der Waals surface area contributed by atoms with Crippen LogP contribution in [0, 0.1) is 0 Å². The highest BCUT2D eigenvalue weighted by Gasteiger charge is 2.47. The Kier molecular flexibility index (Phi) is 7.77. The zero-order chi connectivity index (χ0) is 25.5. The van der Waals surface area contributed by atoms with Crippen molar-refractivity contribution >= 4 is 23.7 Å². The number of hydroxylamine groups is 4. The number of rotatable bonds is 7. The Hall–Kier alpha value is -1.24. The number of aliphatic hydroxyl groups is 1. The van der Waals surface area contributed by atoms with Gasteiger partial charge in [0.15, 0.2) is 5.16 Å². The second-order valence-electron chi connectivity index (χ2n) is 12.2. The third kappa shape index (κ3) is 6.11. The third-order valence-electron chi connectivity index (χ3n) is 6.79. The molecule has 2 aliphatic rings. The second kappa shape index (κ2) is 9.67. The van der Waals surface area contributed by atoms with Gasteiger partial charge in [0.05, 0.1) is 6.61 Å². The predicted molar refractivity (Wildman–Crippen MR) is 132 cm³/mol. The molecule has 34 heavy (non-hydrogen) atoms. The van der Waals surface area contributed by atoms with Gasteiger partial charge in [-0.25, -0.2) is 0 Å². The summed E-state index contributed by atoms with van der Waals surface area (Å²) in [5.41, 5.74) is -2.03. The van der Waals surface area contributed by atoms with E-state index in [-0.39, 0.29) is 18.7 Å². The van der Waals surface area contributed by atoms with Crippen LogP contribution in [-0.2, 0) is 10.4 Å². The van der Waals surface area contributed by atoms with E-state index in [1.54, 1.807) is 0 Å². The number of aromatic nitrogens is 3. The summed E-state index contributed by atoms with van der Waals surface area (Å²) >= 11 is 1.36. The van der Waals surface area contributed by atoms with Crippen LogP contribution in [0.25, 0.3) is 0 Å². The molecule has 0 bridgehead atoms. The van der Waals surface area contributed by atoms with Crippen molar-refractivity contribution in [3.63, 3.8) is 0 Å². The summed E-state index contributed by atoms with van der Waals surface area (Å²) in [7, 11) is 0. The van der Waals surface area contributed by atoms with E-state index in [1.807, 2.05) is 55.4 Å². The molecular weight excluding hydrogens is 454 g/mol. The van der Waals surface area contributed by atoms with Crippen molar-refractivity contribution in [2.75, 3.05) is 23.0 Å². The molecule has 2 fully saturated rings.